The van der Waals surface area contributed by atoms with E-state index in [1.54, 1.807) is 6.33 Å². The van der Waals surface area contributed by atoms with Crippen molar-refractivity contribution in [3.63, 3.8) is 0 Å². The number of halogens is 2. The van der Waals surface area contributed by atoms with Crippen LogP contribution in [0.2, 0.25) is 0 Å². The molecule has 0 bridgehead atoms. The molecule has 6 nitrogen and oxygen atoms in total. The topological polar surface area (TPSA) is 72.9 Å². The van der Waals surface area contributed by atoms with Gasteiger partial charge in [0.1, 0.15) is 12.7 Å². The second-order valence-electron chi connectivity index (χ2n) is 4.93. The number of aromatic nitrogens is 4. The lowest BCUT2D eigenvalue weighted by Crippen LogP contribution is -2.27. The minimum Gasteiger partial charge on any atom is -0.382 e. The van der Waals surface area contributed by atoms with Crippen molar-refractivity contribution in [3.8, 4) is 5.69 Å². The fourth-order valence-corrected chi connectivity index (χ4v) is 2.85. The number of nitrogen functional groups attached to an aromatic ring is 1. The Balaban J connectivity index is 1.93. The van der Waals surface area contributed by atoms with Gasteiger partial charge in [-0.2, -0.15) is 0 Å². The predicted molar refractivity (Wildman–Crippen MR) is 94.7 cm³/mol. The lowest BCUT2D eigenvalue weighted by atomic mass is 10.2. The number of imidazole rings is 1. The summed E-state index contributed by atoms with van der Waals surface area (Å²) in [5.74, 6) is 1.49. The molecule has 0 spiro atoms. The normalized spacial score (nSPS) is 11.0. The van der Waals surface area contributed by atoms with Crippen molar-refractivity contribution < 1.29 is 0 Å². The molecule has 0 atom stereocenters. The summed E-state index contributed by atoms with van der Waals surface area (Å²) in [7, 11) is 0. The molecule has 0 fully saturated rings. The zero-order chi connectivity index (χ0) is 16.2. The lowest BCUT2D eigenvalue weighted by molar-refractivity contribution is 0.873. The van der Waals surface area contributed by atoms with E-state index in [1.165, 1.54) is 6.33 Å². The van der Waals surface area contributed by atoms with Gasteiger partial charge in [0.2, 0.25) is 0 Å². The largest absolute Gasteiger partial charge is 0.382 e. The third-order valence-electron chi connectivity index (χ3n) is 3.56. The maximum absolute atomic E-state index is 5.85. The van der Waals surface area contributed by atoms with Crippen molar-refractivity contribution >= 4 is 45.9 Å². The van der Waals surface area contributed by atoms with Gasteiger partial charge < -0.3 is 10.6 Å². The van der Waals surface area contributed by atoms with Crippen molar-refractivity contribution in [3.05, 3.63) is 36.9 Å². The summed E-state index contributed by atoms with van der Waals surface area (Å²) in [6, 6.07) is 8.07. The van der Waals surface area contributed by atoms with Crippen molar-refractivity contribution in [2.24, 2.45) is 0 Å². The van der Waals surface area contributed by atoms with Crippen LogP contribution >= 0.6 is 23.2 Å². The fourth-order valence-electron chi connectivity index (χ4n) is 2.44. The number of hydrogen-bond acceptors (Lipinski definition) is 5. The highest BCUT2D eigenvalue weighted by atomic mass is 35.5. The van der Waals surface area contributed by atoms with E-state index in [2.05, 4.69) is 19.9 Å². The molecule has 0 saturated carbocycles. The van der Waals surface area contributed by atoms with Gasteiger partial charge in [-0.3, -0.25) is 4.57 Å². The van der Waals surface area contributed by atoms with E-state index in [4.69, 9.17) is 28.9 Å². The maximum atomic E-state index is 5.85. The van der Waals surface area contributed by atoms with Gasteiger partial charge in [0.25, 0.3) is 0 Å². The Morgan fingerprint density at radius 2 is 1.70 bits per heavy atom. The average Bonchev–Trinajstić information content (AvgIpc) is 3.00. The minimum atomic E-state index is 0.376. The van der Waals surface area contributed by atoms with Gasteiger partial charge in [0, 0.05) is 36.2 Å². The Labute approximate surface area is 143 Å². The maximum Gasteiger partial charge on any atom is 0.170 e. The molecule has 2 N–H and O–H groups in total. The van der Waals surface area contributed by atoms with Gasteiger partial charge in [-0.1, -0.05) is 0 Å². The number of anilines is 2. The van der Waals surface area contributed by atoms with Crippen LogP contribution in [0, 0.1) is 0 Å². The summed E-state index contributed by atoms with van der Waals surface area (Å²) in [5.41, 5.74) is 9.13. The molecule has 0 radical (unpaired) electrons. The zero-order valence-corrected chi connectivity index (χ0v) is 13.9. The van der Waals surface area contributed by atoms with Crippen molar-refractivity contribution in [1.29, 1.82) is 0 Å². The number of benzene rings is 1. The predicted octanol–water partition coefficient (Wildman–Crippen LogP) is 2.68. The summed E-state index contributed by atoms with van der Waals surface area (Å²) in [6.45, 7) is 1.51. The number of nitrogens with zero attached hydrogens (tertiary/aromatic N) is 5. The molecule has 2 aromatic heterocycles. The van der Waals surface area contributed by atoms with Crippen LogP contribution in [0.5, 0.6) is 0 Å². The van der Waals surface area contributed by atoms with E-state index in [-0.39, 0.29) is 0 Å². The highest BCUT2D eigenvalue weighted by Gasteiger charge is 2.10. The van der Waals surface area contributed by atoms with Crippen molar-refractivity contribution in [1.82, 2.24) is 19.5 Å². The van der Waals surface area contributed by atoms with Crippen LogP contribution in [0.25, 0.3) is 16.9 Å². The Bertz CT molecular complexity index is 780. The first-order chi connectivity index (χ1) is 11.2. The third kappa shape index (κ3) is 3.18. The quantitative estimate of drug-likeness (QED) is 0.692. The summed E-state index contributed by atoms with van der Waals surface area (Å²) < 4.78 is 1.88. The SMILES string of the molecule is Nc1ncnc2c1ncn2-c1ccc(N(CCCl)CCCl)cc1. The number of fused-ring (bicyclic) bond motifs is 1. The van der Waals surface area contributed by atoms with Crippen LogP contribution in [0.3, 0.4) is 0 Å². The molecule has 0 aliphatic heterocycles. The third-order valence-corrected chi connectivity index (χ3v) is 3.90. The first kappa shape index (κ1) is 15.8. The van der Waals surface area contributed by atoms with Crippen LogP contribution in [-0.4, -0.2) is 44.4 Å². The molecule has 120 valence electrons. The van der Waals surface area contributed by atoms with E-state index in [9.17, 15) is 0 Å². The Morgan fingerprint density at radius 3 is 2.35 bits per heavy atom. The van der Waals surface area contributed by atoms with Crippen LogP contribution in [0.15, 0.2) is 36.9 Å². The molecule has 23 heavy (non-hydrogen) atoms. The van der Waals surface area contributed by atoms with E-state index < -0.39 is 0 Å². The molecular formula is C15H16Cl2N6. The first-order valence-electron chi connectivity index (χ1n) is 7.15. The molecule has 3 rings (SSSR count). The van der Waals surface area contributed by atoms with E-state index in [0.717, 1.165) is 24.5 Å². The molecule has 0 unspecified atom stereocenters. The number of nitrogens with two attached hydrogens (primary N) is 1. The molecule has 8 heteroatoms. The molecule has 0 aliphatic rings. The first-order valence-corrected chi connectivity index (χ1v) is 8.22. The Kier molecular flexibility index (Phi) is 4.83. The summed E-state index contributed by atoms with van der Waals surface area (Å²) >= 11 is 11.7. The summed E-state index contributed by atoms with van der Waals surface area (Å²) in [5, 5.41) is 0. The van der Waals surface area contributed by atoms with Crippen molar-refractivity contribution in [2.45, 2.75) is 0 Å². The molecule has 0 saturated heterocycles. The second kappa shape index (κ2) is 7.02. The number of alkyl halides is 2. The van der Waals surface area contributed by atoms with Crippen LogP contribution in [0.4, 0.5) is 11.5 Å². The minimum absolute atomic E-state index is 0.376. The van der Waals surface area contributed by atoms with Crippen LogP contribution in [-0.2, 0) is 0 Å². The Morgan fingerprint density at radius 1 is 1.00 bits per heavy atom. The molecule has 3 aromatic rings. The van der Waals surface area contributed by atoms with Gasteiger partial charge in [0.05, 0.1) is 0 Å². The highest BCUT2D eigenvalue weighted by Crippen LogP contribution is 2.22. The van der Waals surface area contributed by atoms with Crippen LogP contribution in [0.1, 0.15) is 0 Å². The van der Waals surface area contributed by atoms with Gasteiger partial charge in [0.15, 0.2) is 17.0 Å². The Hall–Kier alpha value is -2.05. The van der Waals surface area contributed by atoms with E-state index in [1.807, 2.05) is 28.8 Å². The fraction of sp³-hybridized carbons (Fsp3) is 0.267. The summed E-state index contributed by atoms with van der Waals surface area (Å²) in [4.78, 5) is 14.6. The smallest absolute Gasteiger partial charge is 0.170 e. The molecule has 0 amide bonds. The van der Waals surface area contributed by atoms with Crippen LogP contribution < -0.4 is 10.6 Å². The highest BCUT2D eigenvalue weighted by molar-refractivity contribution is 6.18. The van der Waals surface area contributed by atoms with E-state index >= 15 is 0 Å². The van der Waals surface area contributed by atoms with Gasteiger partial charge >= 0.3 is 0 Å². The van der Waals surface area contributed by atoms with Gasteiger partial charge in [-0.25, -0.2) is 15.0 Å². The molecule has 2 heterocycles. The molecular weight excluding hydrogens is 335 g/mol. The monoisotopic (exact) mass is 350 g/mol. The number of hydrogen-bond donors (Lipinski definition) is 1. The number of rotatable bonds is 6. The molecule has 0 aliphatic carbocycles. The molecule has 1 aromatic carbocycles. The summed E-state index contributed by atoms with van der Waals surface area (Å²) in [6.07, 6.45) is 3.13. The zero-order valence-electron chi connectivity index (χ0n) is 12.4. The average molecular weight is 351 g/mol. The lowest BCUT2D eigenvalue weighted by Gasteiger charge is -2.23. The van der Waals surface area contributed by atoms with Gasteiger partial charge in [-0.15, -0.1) is 23.2 Å². The van der Waals surface area contributed by atoms with Crippen molar-refractivity contribution in [2.75, 3.05) is 35.5 Å². The van der Waals surface area contributed by atoms with Gasteiger partial charge in [-0.05, 0) is 24.3 Å². The standard InChI is InChI=1S/C15H16Cl2N6/c16-5-7-22(8-6-17)11-1-3-12(4-2-11)23-10-21-13-14(18)19-9-20-15(13)23/h1-4,9-10H,5-8H2,(H2,18,19,20). The second-order valence-corrected chi connectivity index (χ2v) is 5.68. The van der Waals surface area contributed by atoms with E-state index in [0.29, 0.717) is 28.7 Å².